The van der Waals surface area contributed by atoms with E-state index >= 15 is 0 Å². The molecule has 0 unspecified atom stereocenters. The lowest BCUT2D eigenvalue weighted by molar-refractivity contribution is 0.187. The second-order valence-electron chi connectivity index (χ2n) is 5.35. The number of rotatable bonds is 7. The molecular weight excluding hydrogens is 202 g/mol. The van der Waals surface area contributed by atoms with Gasteiger partial charge in [0, 0.05) is 26.2 Å². The molecule has 1 saturated heterocycles. The Balaban J connectivity index is 2.24. The molecular formula is C12H25N3O. The van der Waals surface area contributed by atoms with E-state index < -0.39 is 0 Å². The predicted molar refractivity (Wildman–Crippen MR) is 66.5 cm³/mol. The molecule has 0 spiro atoms. The van der Waals surface area contributed by atoms with E-state index in [9.17, 15) is 4.79 Å². The van der Waals surface area contributed by atoms with Crippen molar-refractivity contribution in [3.8, 4) is 0 Å². The van der Waals surface area contributed by atoms with Gasteiger partial charge in [-0.05, 0) is 18.4 Å². The summed E-state index contributed by atoms with van der Waals surface area (Å²) in [5.41, 5.74) is 0.148. The van der Waals surface area contributed by atoms with Crippen molar-refractivity contribution < 1.29 is 4.79 Å². The maximum Gasteiger partial charge on any atom is 0.317 e. The highest BCUT2D eigenvalue weighted by Crippen LogP contribution is 2.16. The third kappa shape index (κ3) is 4.39. The lowest BCUT2D eigenvalue weighted by atomic mass is 9.92. The number of nitrogens with zero attached hydrogens (tertiary/aromatic N) is 1. The van der Waals surface area contributed by atoms with Crippen LogP contribution < -0.4 is 10.6 Å². The lowest BCUT2D eigenvalue weighted by Crippen LogP contribution is -2.42. The van der Waals surface area contributed by atoms with Crippen LogP contribution >= 0.6 is 0 Å². The van der Waals surface area contributed by atoms with E-state index in [4.69, 9.17) is 0 Å². The van der Waals surface area contributed by atoms with Gasteiger partial charge in [-0.1, -0.05) is 27.2 Å². The Morgan fingerprint density at radius 1 is 1.50 bits per heavy atom. The molecule has 1 aliphatic heterocycles. The fourth-order valence-corrected chi connectivity index (χ4v) is 1.96. The molecule has 1 heterocycles. The summed E-state index contributed by atoms with van der Waals surface area (Å²) in [6, 6.07) is 0.0848. The van der Waals surface area contributed by atoms with Crippen molar-refractivity contribution in [2.45, 2.75) is 33.6 Å². The highest BCUT2D eigenvalue weighted by molar-refractivity contribution is 5.76. The van der Waals surface area contributed by atoms with E-state index in [1.165, 1.54) is 12.8 Å². The first-order chi connectivity index (χ1) is 7.55. The molecule has 1 fully saturated rings. The zero-order valence-corrected chi connectivity index (χ0v) is 10.8. The molecule has 0 bridgehead atoms. The lowest BCUT2D eigenvalue weighted by Gasteiger charge is -2.29. The highest BCUT2D eigenvalue weighted by Gasteiger charge is 2.27. The number of hydrogen-bond donors (Lipinski definition) is 2. The summed E-state index contributed by atoms with van der Waals surface area (Å²) in [5, 5.41) is 6.29. The van der Waals surface area contributed by atoms with Gasteiger partial charge in [-0.3, -0.25) is 0 Å². The quantitative estimate of drug-likeness (QED) is 0.646. The molecule has 2 N–H and O–H groups in total. The van der Waals surface area contributed by atoms with Gasteiger partial charge < -0.3 is 15.5 Å². The largest absolute Gasteiger partial charge is 0.336 e. The third-order valence-corrected chi connectivity index (χ3v) is 2.87. The molecule has 0 aromatic rings. The van der Waals surface area contributed by atoms with E-state index in [2.05, 4.69) is 31.4 Å². The third-order valence-electron chi connectivity index (χ3n) is 2.87. The summed E-state index contributed by atoms with van der Waals surface area (Å²) in [7, 11) is 0. The summed E-state index contributed by atoms with van der Waals surface area (Å²) in [6.07, 6.45) is 2.45. The first-order valence-electron chi connectivity index (χ1n) is 6.29. The zero-order valence-electron chi connectivity index (χ0n) is 10.8. The standard InChI is InChI=1S/C12H25N3O/c1-4-5-6-13-9-12(2,3)10-15-8-7-14-11(15)16/h13H,4-10H2,1-3H3,(H,14,16). The van der Waals surface area contributed by atoms with Crippen LogP contribution in [0.2, 0.25) is 0 Å². The van der Waals surface area contributed by atoms with Crippen molar-refractivity contribution in [3.05, 3.63) is 0 Å². The fraction of sp³-hybridized carbons (Fsp3) is 0.917. The minimum atomic E-state index is 0.0848. The molecule has 1 rings (SSSR count). The van der Waals surface area contributed by atoms with Crippen molar-refractivity contribution >= 4 is 6.03 Å². The summed E-state index contributed by atoms with van der Waals surface area (Å²) in [6.45, 7) is 11.1. The van der Waals surface area contributed by atoms with Gasteiger partial charge in [0.25, 0.3) is 0 Å². The number of carbonyl (C=O) groups is 1. The average molecular weight is 227 g/mol. The summed E-state index contributed by atoms with van der Waals surface area (Å²) in [4.78, 5) is 13.3. The Hall–Kier alpha value is -0.770. The molecule has 16 heavy (non-hydrogen) atoms. The van der Waals surface area contributed by atoms with Crippen LogP contribution in [0.5, 0.6) is 0 Å². The number of hydrogen-bond acceptors (Lipinski definition) is 2. The molecule has 2 amide bonds. The molecule has 0 aromatic heterocycles. The number of unbranched alkanes of at least 4 members (excludes halogenated alkanes) is 1. The van der Waals surface area contributed by atoms with Crippen LogP contribution in [0.3, 0.4) is 0 Å². The Labute approximate surface area is 98.8 Å². The Morgan fingerprint density at radius 3 is 2.81 bits per heavy atom. The van der Waals surface area contributed by atoms with Gasteiger partial charge in [0.05, 0.1) is 0 Å². The van der Waals surface area contributed by atoms with Crippen LogP contribution in [0.25, 0.3) is 0 Å². The van der Waals surface area contributed by atoms with Crippen molar-refractivity contribution in [1.29, 1.82) is 0 Å². The van der Waals surface area contributed by atoms with Crippen LogP contribution in [0, 0.1) is 5.41 Å². The normalized spacial score (nSPS) is 16.7. The van der Waals surface area contributed by atoms with E-state index in [0.717, 1.165) is 32.7 Å². The number of urea groups is 1. The zero-order chi connectivity index (χ0) is 12.0. The minimum absolute atomic E-state index is 0.0848. The predicted octanol–water partition coefficient (Wildman–Crippen LogP) is 1.43. The first-order valence-corrected chi connectivity index (χ1v) is 6.29. The number of nitrogens with one attached hydrogen (secondary N) is 2. The van der Waals surface area contributed by atoms with Gasteiger partial charge in [0.2, 0.25) is 0 Å². The van der Waals surface area contributed by atoms with Crippen LogP contribution in [-0.2, 0) is 0 Å². The molecule has 94 valence electrons. The van der Waals surface area contributed by atoms with Gasteiger partial charge in [0.15, 0.2) is 0 Å². The van der Waals surface area contributed by atoms with Gasteiger partial charge in [-0.15, -0.1) is 0 Å². The molecule has 0 aliphatic carbocycles. The van der Waals surface area contributed by atoms with Crippen molar-refractivity contribution in [2.24, 2.45) is 5.41 Å². The van der Waals surface area contributed by atoms with Gasteiger partial charge >= 0.3 is 6.03 Å². The molecule has 4 nitrogen and oxygen atoms in total. The molecule has 1 aliphatic rings. The first kappa shape index (κ1) is 13.3. The van der Waals surface area contributed by atoms with Crippen molar-refractivity contribution in [3.63, 3.8) is 0 Å². The van der Waals surface area contributed by atoms with Crippen molar-refractivity contribution in [2.75, 3.05) is 32.7 Å². The molecule has 0 atom stereocenters. The van der Waals surface area contributed by atoms with Gasteiger partial charge in [-0.2, -0.15) is 0 Å². The van der Waals surface area contributed by atoms with Crippen LogP contribution in [0.4, 0.5) is 4.79 Å². The maximum atomic E-state index is 11.4. The number of carbonyl (C=O) groups excluding carboxylic acids is 1. The van der Waals surface area contributed by atoms with Crippen LogP contribution in [0.1, 0.15) is 33.6 Å². The van der Waals surface area contributed by atoms with E-state index in [0.29, 0.717) is 0 Å². The SMILES string of the molecule is CCCCNCC(C)(C)CN1CCNC1=O. The second kappa shape index (κ2) is 6.09. The Morgan fingerprint density at radius 2 is 2.25 bits per heavy atom. The minimum Gasteiger partial charge on any atom is -0.336 e. The van der Waals surface area contributed by atoms with Crippen LogP contribution in [0.15, 0.2) is 0 Å². The molecule has 0 saturated carbocycles. The maximum absolute atomic E-state index is 11.4. The molecule has 0 aromatic carbocycles. The highest BCUT2D eigenvalue weighted by atomic mass is 16.2. The Kier molecular flexibility index (Phi) is 5.06. The van der Waals surface area contributed by atoms with E-state index in [1.807, 2.05) is 4.90 Å². The van der Waals surface area contributed by atoms with E-state index in [-0.39, 0.29) is 11.4 Å². The fourth-order valence-electron chi connectivity index (χ4n) is 1.96. The summed E-state index contributed by atoms with van der Waals surface area (Å²) < 4.78 is 0. The molecule has 4 heteroatoms. The summed E-state index contributed by atoms with van der Waals surface area (Å²) >= 11 is 0. The van der Waals surface area contributed by atoms with Gasteiger partial charge in [0.1, 0.15) is 0 Å². The van der Waals surface area contributed by atoms with Crippen molar-refractivity contribution in [1.82, 2.24) is 15.5 Å². The average Bonchev–Trinajstić information content (AvgIpc) is 2.59. The number of amides is 2. The van der Waals surface area contributed by atoms with Crippen LogP contribution in [-0.4, -0.2) is 43.7 Å². The monoisotopic (exact) mass is 227 g/mol. The molecule has 0 radical (unpaired) electrons. The van der Waals surface area contributed by atoms with E-state index in [1.54, 1.807) is 0 Å². The summed E-state index contributed by atoms with van der Waals surface area (Å²) in [5.74, 6) is 0. The smallest absolute Gasteiger partial charge is 0.317 e. The Bertz CT molecular complexity index is 228. The topological polar surface area (TPSA) is 44.4 Å². The van der Waals surface area contributed by atoms with Gasteiger partial charge in [-0.25, -0.2) is 4.79 Å². The second-order valence-corrected chi connectivity index (χ2v) is 5.35.